The SMILES string of the molecule is COc1cc(CN(CC(N)=O)c2nc3ccccc3o2)ccc1OCc1ccccc1. The maximum atomic E-state index is 11.7. The number of ether oxygens (including phenoxy) is 2. The van der Waals surface area contributed by atoms with Crippen molar-refractivity contribution in [2.45, 2.75) is 13.2 Å². The first-order valence-electron chi connectivity index (χ1n) is 9.85. The van der Waals surface area contributed by atoms with Gasteiger partial charge >= 0.3 is 0 Å². The number of carbonyl (C=O) groups is 1. The minimum Gasteiger partial charge on any atom is -0.493 e. The zero-order valence-electron chi connectivity index (χ0n) is 17.2. The molecule has 0 fully saturated rings. The fraction of sp³-hybridized carbons (Fsp3) is 0.167. The van der Waals surface area contributed by atoms with Crippen LogP contribution in [0.4, 0.5) is 6.01 Å². The molecule has 2 N–H and O–H groups in total. The van der Waals surface area contributed by atoms with Crippen molar-refractivity contribution in [3.8, 4) is 11.5 Å². The van der Waals surface area contributed by atoms with Crippen LogP contribution in [0.3, 0.4) is 0 Å². The van der Waals surface area contributed by atoms with E-state index in [-0.39, 0.29) is 6.54 Å². The first-order chi connectivity index (χ1) is 15.1. The Kier molecular flexibility index (Phi) is 6.03. The molecule has 7 heteroatoms. The number of primary amides is 1. The topological polar surface area (TPSA) is 90.8 Å². The maximum Gasteiger partial charge on any atom is 0.299 e. The molecule has 0 saturated heterocycles. The molecule has 158 valence electrons. The molecule has 1 amide bonds. The van der Waals surface area contributed by atoms with Crippen molar-refractivity contribution in [1.82, 2.24) is 4.98 Å². The van der Waals surface area contributed by atoms with Crippen LogP contribution in [0.2, 0.25) is 0 Å². The first kappa shape index (κ1) is 20.3. The summed E-state index contributed by atoms with van der Waals surface area (Å²) in [5.41, 5.74) is 8.79. The van der Waals surface area contributed by atoms with Gasteiger partial charge in [0, 0.05) is 6.54 Å². The van der Waals surface area contributed by atoms with Crippen molar-refractivity contribution in [3.63, 3.8) is 0 Å². The third-order valence-electron chi connectivity index (χ3n) is 4.74. The molecular weight excluding hydrogens is 394 g/mol. The van der Waals surface area contributed by atoms with Gasteiger partial charge in [-0.3, -0.25) is 4.79 Å². The summed E-state index contributed by atoms with van der Waals surface area (Å²) in [6.45, 7) is 0.778. The first-order valence-corrected chi connectivity index (χ1v) is 9.85. The number of nitrogens with two attached hydrogens (primary N) is 1. The molecule has 7 nitrogen and oxygen atoms in total. The number of methoxy groups -OCH3 is 1. The van der Waals surface area contributed by atoms with Crippen molar-refractivity contribution in [1.29, 1.82) is 0 Å². The number of benzene rings is 3. The van der Waals surface area contributed by atoms with Crippen molar-refractivity contribution >= 4 is 23.0 Å². The number of amides is 1. The predicted octanol–water partition coefficient (Wildman–Crippen LogP) is 3.91. The fourth-order valence-corrected chi connectivity index (χ4v) is 3.26. The van der Waals surface area contributed by atoms with Gasteiger partial charge in [0.2, 0.25) is 5.91 Å². The van der Waals surface area contributed by atoms with Gasteiger partial charge in [0.1, 0.15) is 18.7 Å². The van der Waals surface area contributed by atoms with E-state index in [9.17, 15) is 4.79 Å². The summed E-state index contributed by atoms with van der Waals surface area (Å²) in [5, 5.41) is 0. The second-order valence-corrected chi connectivity index (χ2v) is 7.05. The summed E-state index contributed by atoms with van der Waals surface area (Å²) >= 11 is 0. The molecule has 31 heavy (non-hydrogen) atoms. The zero-order chi connectivity index (χ0) is 21.6. The largest absolute Gasteiger partial charge is 0.493 e. The molecule has 0 unspecified atom stereocenters. The molecule has 0 bridgehead atoms. The Bertz CT molecular complexity index is 1140. The third kappa shape index (κ3) is 4.95. The van der Waals surface area contributed by atoms with Crippen LogP contribution in [0.5, 0.6) is 11.5 Å². The number of rotatable bonds is 9. The van der Waals surface area contributed by atoms with Crippen molar-refractivity contribution in [3.05, 3.63) is 83.9 Å². The van der Waals surface area contributed by atoms with E-state index in [4.69, 9.17) is 19.6 Å². The number of aromatic nitrogens is 1. The van der Waals surface area contributed by atoms with Gasteiger partial charge in [-0.05, 0) is 35.4 Å². The third-order valence-corrected chi connectivity index (χ3v) is 4.74. The van der Waals surface area contributed by atoms with E-state index in [1.807, 2.05) is 72.8 Å². The lowest BCUT2D eigenvalue weighted by atomic mass is 10.2. The van der Waals surface area contributed by atoms with Gasteiger partial charge in [0.15, 0.2) is 17.1 Å². The van der Waals surface area contributed by atoms with Crippen LogP contribution in [-0.2, 0) is 17.9 Å². The van der Waals surface area contributed by atoms with E-state index >= 15 is 0 Å². The van der Waals surface area contributed by atoms with Crippen LogP contribution < -0.4 is 20.1 Å². The van der Waals surface area contributed by atoms with Gasteiger partial charge in [-0.15, -0.1) is 0 Å². The number of carbonyl (C=O) groups excluding carboxylic acids is 1. The smallest absolute Gasteiger partial charge is 0.299 e. The number of para-hydroxylation sites is 2. The molecule has 0 saturated carbocycles. The Morgan fingerprint density at radius 2 is 1.77 bits per heavy atom. The van der Waals surface area contributed by atoms with E-state index < -0.39 is 5.91 Å². The minimum atomic E-state index is -0.475. The molecule has 0 aliphatic carbocycles. The summed E-state index contributed by atoms with van der Waals surface area (Å²) in [6.07, 6.45) is 0. The highest BCUT2D eigenvalue weighted by atomic mass is 16.5. The average molecular weight is 417 g/mol. The molecule has 4 aromatic rings. The highest BCUT2D eigenvalue weighted by Crippen LogP contribution is 2.30. The van der Waals surface area contributed by atoms with Crippen molar-refractivity contribution in [2.75, 3.05) is 18.6 Å². The summed E-state index contributed by atoms with van der Waals surface area (Å²) in [4.78, 5) is 17.8. The van der Waals surface area contributed by atoms with Crippen LogP contribution in [0.25, 0.3) is 11.1 Å². The van der Waals surface area contributed by atoms with E-state index in [1.165, 1.54) is 0 Å². The molecule has 1 aromatic heterocycles. The summed E-state index contributed by atoms with van der Waals surface area (Å²) < 4.78 is 17.3. The fourth-order valence-electron chi connectivity index (χ4n) is 3.26. The van der Waals surface area contributed by atoms with Crippen LogP contribution in [0.15, 0.2) is 77.2 Å². The number of nitrogens with zero attached hydrogens (tertiary/aromatic N) is 2. The Labute approximate surface area is 180 Å². The van der Waals surface area contributed by atoms with Gasteiger partial charge in [-0.25, -0.2) is 0 Å². The Morgan fingerprint density at radius 1 is 1.00 bits per heavy atom. The number of anilines is 1. The second-order valence-electron chi connectivity index (χ2n) is 7.05. The normalized spacial score (nSPS) is 10.7. The highest BCUT2D eigenvalue weighted by Gasteiger charge is 2.18. The Morgan fingerprint density at radius 3 is 2.52 bits per heavy atom. The molecule has 1 heterocycles. The molecule has 4 rings (SSSR count). The maximum absolute atomic E-state index is 11.7. The van der Waals surface area contributed by atoms with E-state index in [0.29, 0.717) is 41.8 Å². The van der Waals surface area contributed by atoms with Gasteiger partial charge in [-0.1, -0.05) is 48.5 Å². The standard InChI is InChI=1S/C24H23N3O4/c1-29-22-13-18(11-12-21(22)30-16-17-7-3-2-4-8-17)14-27(15-23(25)28)24-26-19-9-5-6-10-20(19)31-24/h2-13H,14-16H2,1H3,(H2,25,28). The number of oxazole rings is 1. The molecule has 0 spiro atoms. The average Bonchev–Trinajstić information content (AvgIpc) is 3.22. The monoisotopic (exact) mass is 417 g/mol. The van der Waals surface area contributed by atoms with Crippen LogP contribution in [-0.4, -0.2) is 24.5 Å². The summed E-state index contributed by atoms with van der Waals surface area (Å²) in [5.74, 6) is 0.764. The molecular formula is C24H23N3O4. The lowest BCUT2D eigenvalue weighted by molar-refractivity contribution is -0.116. The van der Waals surface area contributed by atoms with Gasteiger partial charge < -0.3 is 24.5 Å². The summed E-state index contributed by atoms with van der Waals surface area (Å²) in [7, 11) is 1.59. The van der Waals surface area contributed by atoms with E-state index in [1.54, 1.807) is 12.0 Å². The Balaban J connectivity index is 1.54. The van der Waals surface area contributed by atoms with E-state index in [2.05, 4.69) is 4.98 Å². The molecule has 3 aromatic carbocycles. The highest BCUT2D eigenvalue weighted by molar-refractivity contribution is 5.80. The molecule has 0 aliphatic heterocycles. The van der Waals surface area contributed by atoms with Crippen LogP contribution in [0.1, 0.15) is 11.1 Å². The quantitative estimate of drug-likeness (QED) is 0.444. The van der Waals surface area contributed by atoms with Crippen molar-refractivity contribution in [2.24, 2.45) is 5.73 Å². The van der Waals surface area contributed by atoms with Gasteiger partial charge in [-0.2, -0.15) is 4.98 Å². The predicted molar refractivity (Wildman–Crippen MR) is 118 cm³/mol. The van der Waals surface area contributed by atoms with E-state index in [0.717, 1.165) is 11.1 Å². The lowest BCUT2D eigenvalue weighted by Crippen LogP contribution is -2.33. The minimum absolute atomic E-state index is 0.0264. The van der Waals surface area contributed by atoms with Crippen LogP contribution >= 0.6 is 0 Å². The number of hydrogen-bond donors (Lipinski definition) is 1. The zero-order valence-corrected chi connectivity index (χ0v) is 17.2. The van der Waals surface area contributed by atoms with Gasteiger partial charge in [0.25, 0.3) is 6.01 Å². The number of hydrogen-bond acceptors (Lipinski definition) is 6. The lowest BCUT2D eigenvalue weighted by Gasteiger charge is -2.20. The Hall–Kier alpha value is -4.00. The van der Waals surface area contributed by atoms with Crippen LogP contribution in [0, 0.1) is 0 Å². The molecule has 0 atom stereocenters. The molecule has 0 aliphatic rings. The molecule has 0 radical (unpaired) electrons. The summed E-state index contributed by atoms with van der Waals surface area (Å²) in [6, 6.07) is 23.3. The van der Waals surface area contributed by atoms with Crippen molar-refractivity contribution < 1.29 is 18.7 Å². The second kappa shape index (κ2) is 9.21. The number of fused-ring (bicyclic) bond motifs is 1. The van der Waals surface area contributed by atoms with Gasteiger partial charge in [0.05, 0.1) is 7.11 Å².